The number of aliphatic carboxylic acids is 1. The molecule has 0 saturated heterocycles. The van der Waals surface area contributed by atoms with E-state index in [-0.39, 0.29) is 6.42 Å². The quantitative estimate of drug-likeness (QED) is 0.676. The minimum Gasteiger partial charge on any atom is -0.493 e. The number of benzene rings is 2. The second-order valence-corrected chi connectivity index (χ2v) is 6.03. The van der Waals surface area contributed by atoms with E-state index in [2.05, 4.69) is 4.98 Å². The molecule has 0 saturated carbocycles. The lowest BCUT2D eigenvalue weighted by Gasteiger charge is -2.14. The first-order chi connectivity index (χ1) is 12.5. The van der Waals surface area contributed by atoms with Crippen LogP contribution in [-0.4, -0.2) is 37.4 Å². The van der Waals surface area contributed by atoms with Crippen molar-refractivity contribution in [3.05, 3.63) is 40.9 Å². The highest BCUT2D eigenvalue weighted by Gasteiger charge is 2.21. The van der Waals surface area contributed by atoms with Crippen LogP contribution < -0.4 is 14.2 Å². The number of ether oxygens (including phenoxy) is 3. The molecule has 0 spiro atoms. The highest BCUT2D eigenvalue weighted by Crippen LogP contribution is 2.43. The van der Waals surface area contributed by atoms with Crippen molar-refractivity contribution in [2.45, 2.75) is 6.42 Å². The summed E-state index contributed by atoms with van der Waals surface area (Å²) in [6.45, 7) is 0. The van der Waals surface area contributed by atoms with Gasteiger partial charge in [-0.2, -0.15) is 0 Å². The predicted molar refractivity (Wildman–Crippen MR) is 99.7 cm³/mol. The van der Waals surface area contributed by atoms with E-state index in [1.807, 2.05) is 6.07 Å². The second-order valence-electron chi connectivity index (χ2n) is 5.63. The molecule has 1 heterocycles. The first kappa shape index (κ1) is 17.9. The van der Waals surface area contributed by atoms with E-state index in [1.54, 1.807) is 24.3 Å². The van der Waals surface area contributed by atoms with Gasteiger partial charge in [0, 0.05) is 10.9 Å². The van der Waals surface area contributed by atoms with Crippen LogP contribution >= 0.6 is 11.6 Å². The van der Waals surface area contributed by atoms with Gasteiger partial charge >= 0.3 is 5.97 Å². The van der Waals surface area contributed by atoms with Crippen molar-refractivity contribution in [3.8, 4) is 28.5 Å². The second kappa shape index (κ2) is 7.17. The highest BCUT2D eigenvalue weighted by molar-refractivity contribution is 6.35. The lowest BCUT2D eigenvalue weighted by molar-refractivity contribution is -0.136. The van der Waals surface area contributed by atoms with Gasteiger partial charge in [-0.3, -0.25) is 4.79 Å². The van der Waals surface area contributed by atoms with Crippen molar-refractivity contribution in [2.24, 2.45) is 0 Å². The number of aromatic nitrogens is 1. The molecule has 136 valence electrons. The minimum absolute atomic E-state index is 0.146. The van der Waals surface area contributed by atoms with Crippen molar-refractivity contribution in [3.63, 3.8) is 0 Å². The average molecular weight is 376 g/mol. The highest BCUT2D eigenvalue weighted by atomic mass is 35.5. The normalized spacial score (nSPS) is 10.8. The Morgan fingerprint density at radius 3 is 2.31 bits per heavy atom. The number of carbonyl (C=O) groups is 1. The Balaban J connectivity index is 2.31. The van der Waals surface area contributed by atoms with E-state index in [0.717, 1.165) is 5.39 Å². The maximum Gasteiger partial charge on any atom is 0.307 e. The Labute approximate surface area is 155 Å². The number of para-hydroxylation sites is 1. The molecule has 2 N–H and O–H groups in total. The Kier molecular flexibility index (Phi) is 4.95. The topological polar surface area (TPSA) is 80.8 Å². The Morgan fingerprint density at radius 1 is 1.12 bits per heavy atom. The van der Waals surface area contributed by atoms with Crippen LogP contribution in [0.1, 0.15) is 5.56 Å². The maximum absolute atomic E-state index is 11.4. The Hall–Kier alpha value is -2.86. The van der Waals surface area contributed by atoms with Crippen molar-refractivity contribution in [2.75, 3.05) is 21.3 Å². The molecule has 0 fully saturated rings. The number of rotatable bonds is 6. The van der Waals surface area contributed by atoms with Gasteiger partial charge in [0.25, 0.3) is 0 Å². The van der Waals surface area contributed by atoms with Crippen molar-refractivity contribution >= 4 is 28.5 Å². The maximum atomic E-state index is 11.4. The molecular formula is C19H18ClNO5. The van der Waals surface area contributed by atoms with Gasteiger partial charge in [0.1, 0.15) is 0 Å². The number of hydrogen-bond donors (Lipinski definition) is 2. The smallest absolute Gasteiger partial charge is 0.307 e. The first-order valence-electron chi connectivity index (χ1n) is 7.81. The number of hydrogen-bond acceptors (Lipinski definition) is 4. The molecule has 0 bridgehead atoms. The standard InChI is InChI=1S/C19H18ClNO5/c1-24-14-7-10(8-15(25-2)19(14)26-3)17-12(9-16(22)23)11-5-4-6-13(20)18(11)21-17/h4-8,21H,9H2,1-3H3,(H,22,23). The van der Waals surface area contributed by atoms with Crippen molar-refractivity contribution in [1.29, 1.82) is 0 Å². The van der Waals surface area contributed by atoms with E-state index in [4.69, 9.17) is 25.8 Å². The number of methoxy groups -OCH3 is 3. The van der Waals surface area contributed by atoms with Crippen molar-refractivity contribution in [1.82, 2.24) is 4.98 Å². The summed E-state index contributed by atoms with van der Waals surface area (Å²) in [5, 5.41) is 10.6. The zero-order chi connectivity index (χ0) is 18.8. The number of nitrogens with one attached hydrogen (secondary N) is 1. The molecule has 6 nitrogen and oxygen atoms in total. The number of aromatic amines is 1. The largest absolute Gasteiger partial charge is 0.493 e. The van der Waals surface area contributed by atoms with Gasteiger partial charge in [0.05, 0.1) is 44.0 Å². The summed E-state index contributed by atoms with van der Waals surface area (Å²) < 4.78 is 16.1. The van der Waals surface area contributed by atoms with Crippen LogP contribution in [0.25, 0.3) is 22.2 Å². The molecule has 3 rings (SSSR count). The number of carboxylic acid groups (broad SMARTS) is 1. The number of carboxylic acids is 1. The van der Waals surface area contributed by atoms with Crippen LogP contribution in [0, 0.1) is 0 Å². The molecule has 7 heteroatoms. The minimum atomic E-state index is -0.931. The van der Waals surface area contributed by atoms with Gasteiger partial charge in [-0.05, 0) is 23.8 Å². The van der Waals surface area contributed by atoms with Gasteiger partial charge in [0.2, 0.25) is 5.75 Å². The summed E-state index contributed by atoms with van der Waals surface area (Å²) in [5.74, 6) is 0.494. The molecular weight excluding hydrogens is 358 g/mol. The van der Waals surface area contributed by atoms with Crippen LogP contribution in [0.5, 0.6) is 17.2 Å². The molecule has 0 aliphatic carbocycles. The number of fused-ring (bicyclic) bond motifs is 1. The van der Waals surface area contributed by atoms with E-state index < -0.39 is 5.97 Å². The summed E-state index contributed by atoms with van der Waals surface area (Å²) in [6, 6.07) is 8.93. The molecule has 0 unspecified atom stereocenters. The molecule has 1 aromatic heterocycles. The summed E-state index contributed by atoms with van der Waals surface area (Å²) in [4.78, 5) is 14.7. The zero-order valence-electron chi connectivity index (χ0n) is 14.6. The molecule has 0 amide bonds. The molecule has 0 aliphatic rings. The predicted octanol–water partition coefficient (Wildman–Crippen LogP) is 4.14. The van der Waals surface area contributed by atoms with Gasteiger partial charge in [-0.15, -0.1) is 0 Å². The third-order valence-electron chi connectivity index (χ3n) is 4.17. The molecule has 3 aromatic rings. The third kappa shape index (κ3) is 3.04. The Morgan fingerprint density at radius 2 is 1.77 bits per heavy atom. The van der Waals surface area contributed by atoms with Crippen LogP contribution in [0.2, 0.25) is 5.02 Å². The lowest BCUT2D eigenvalue weighted by Crippen LogP contribution is -2.01. The van der Waals surface area contributed by atoms with Crippen LogP contribution in [-0.2, 0) is 11.2 Å². The summed E-state index contributed by atoms with van der Waals surface area (Å²) >= 11 is 6.28. The van der Waals surface area contributed by atoms with Crippen LogP contribution in [0.4, 0.5) is 0 Å². The van der Waals surface area contributed by atoms with Gasteiger partial charge in [-0.1, -0.05) is 23.7 Å². The van der Waals surface area contributed by atoms with Crippen LogP contribution in [0.15, 0.2) is 30.3 Å². The van der Waals surface area contributed by atoms with Gasteiger partial charge in [0.15, 0.2) is 11.5 Å². The molecule has 0 radical (unpaired) electrons. The Bertz CT molecular complexity index is 954. The molecule has 0 atom stereocenters. The van der Waals surface area contributed by atoms with E-state index in [1.165, 1.54) is 21.3 Å². The number of halogens is 1. The van der Waals surface area contributed by atoms with E-state index in [0.29, 0.717) is 44.6 Å². The SMILES string of the molecule is COc1cc(-c2[nH]c3c(Cl)cccc3c2CC(=O)O)cc(OC)c1OC. The third-order valence-corrected chi connectivity index (χ3v) is 4.49. The fraction of sp³-hybridized carbons (Fsp3) is 0.211. The average Bonchev–Trinajstić information content (AvgIpc) is 2.99. The number of H-pyrrole nitrogens is 1. The molecule has 26 heavy (non-hydrogen) atoms. The van der Waals surface area contributed by atoms with E-state index in [9.17, 15) is 9.90 Å². The first-order valence-corrected chi connectivity index (χ1v) is 8.19. The summed E-state index contributed by atoms with van der Waals surface area (Å²) in [5.41, 5.74) is 2.69. The molecule has 0 aliphatic heterocycles. The van der Waals surface area contributed by atoms with E-state index >= 15 is 0 Å². The summed E-state index contributed by atoms with van der Waals surface area (Å²) in [7, 11) is 4.58. The fourth-order valence-corrected chi connectivity index (χ4v) is 3.27. The van der Waals surface area contributed by atoms with Crippen LogP contribution in [0.3, 0.4) is 0 Å². The lowest BCUT2D eigenvalue weighted by atomic mass is 10.0. The van der Waals surface area contributed by atoms with Crippen molar-refractivity contribution < 1.29 is 24.1 Å². The fourth-order valence-electron chi connectivity index (χ4n) is 3.04. The monoisotopic (exact) mass is 375 g/mol. The molecule has 2 aromatic carbocycles. The summed E-state index contributed by atoms with van der Waals surface area (Å²) in [6.07, 6.45) is -0.146. The van der Waals surface area contributed by atoms with Gasteiger partial charge in [-0.25, -0.2) is 0 Å². The zero-order valence-corrected chi connectivity index (χ0v) is 15.3. The van der Waals surface area contributed by atoms with Gasteiger partial charge < -0.3 is 24.3 Å².